The van der Waals surface area contributed by atoms with Crippen LogP contribution in [-0.4, -0.2) is 21.8 Å². The highest BCUT2D eigenvalue weighted by atomic mass is 79.9. The molecule has 1 amide bonds. The van der Waals surface area contributed by atoms with E-state index < -0.39 is 17.7 Å². The van der Waals surface area contributed by atoms with Crippen molar-refractivity contribution >= 4 is 76.0 Å². The number of aliphatic hydroxyl groups is 1. The van der Waals surface area contributed by atoms with Crippen molar-refractivity contribution in [2.75, 3.05) is 4.90 Å². The largest absolute Gasteiger partial charge is 0.507 e. The first-order valence-corrected chi connectivity index (χ1v) is 12.4. The third-order valence-electron chi connectivity index (χ3n) is 5.50. The Balaban J connectivity index is 1.73. The molecule has 1 aliphatic heterocycles. The van der Waals surface area contributed by atoms with Crippen LogP contribution in [0.5, 0.6) is 0 Å². The molecule has 0 saturated carbocycles. The summed E-state index contributed by atoms with van der Waals surface area (Å²) in [6.45, 7) is 1.94. The Labute approximate surface area is 210 Å². The number of anilines is 1. The molecule has 5 nitrogen and oxygen atoms in total. The van der Waals surface area contributed by atoms with Crippen LogP contribution in [0.15, 0.2) is 81.2 Å². The van der Waals surface area contributed by atoms with E-state index in [1.807, 2.05) is 61.5 Å². The lowest BCUT2D eigenvalue weighted by Crippen LogP contribution is -2.29. The summed E-state index contributed by atoms with van der Waals surface area (Å²) >= 11 is 8.22. The summed E-state index contributed by atoms with van der Waals surface area (Å²) in [5.41, 5.74) is 2.98. The third kappa shape index (κ3) is 3.92. The van der Waals surface area contributed by atoms with Crippen LogP contribution in [-0.2, 0) is 9.59 Å². The molecule has 0 aliphatic carbocycles. The normalized spacial score (nSPS) is 17.8. The smallest absolute Gasteiger partial charge is 0.301 e. The van der Waals surface area contributed by atoms with Gasteiger partial charge in [-0.15, -0.1) is 0 Å². The number of thiazole rings is 1. The summed E-state index contributed by atoms with van der Waals surface area (Å²) in [6.07, 6.45) is 0. The van der Waals surface area contributed by atoms with Gasteiger partial charge in [-0.05, 0) is 42.8 Å². The minimum atomic E-state index is -0.802. The van der Waals surface area contributed by atoms with Crippen LogP contribution >= 0.6 is 43.2 Å². The van der Waals surface area contributed by atoms with Gasteiger partial charge in [-0.25, -0.2) is 4.98 Å². The van der Waals surface area contributed by atoms with Gasteiger partial charge in [0, 0.05) is 14.5 Å². The van der Waals surface area contributed by atoms with E-state index in [-0.39, 0.29) is 11.3 Å². The molecule has 1 aliphatic rings. The van der Waals surface area contributed by atoms with E-state index in [1.54, 1.807) is 12.1 Å². The predicted octanol–water partition coefficient (Wildman–Crippen LogP) is 6.76. The number of carbonyl (C=O) groups is 2. The number of nitrogens with zero attached hydrogens (tertiary/aromatic N) is 2. The number of aryl methyl sites for hydroxylation is 1. The van der Waals surface area contributed by atoms with Crippen molar-refractivity contribution in [3.05, 3.63) is 97.9 Å². The minimum absolute atomic E-state index is 0.0478. The van der Waals surface area contributed by atoms with Crippen molar-refractivity contribution in [1.82, 2.24) is 4.98 Å². The van der Waals surface area contributed by atoms with Gasteiger partial charge in [0.2, 0.25) is 0 Å². The van der Waals surface area contributed by atoms with E-state index in [4.69, 9.17) is 0 Å². The van der Waals surface area contributed by atoms with Crippen LogP contribution in [0.25, 0.3) is 16.0 Å². The Bertz CT molecular complexity index is 1440. The molecule has 0 radical (unpaired) electrons. The number of carbonyl (C=O) groups excluding carboxylic acids is 2. The molecule has 1 aromatic heterocycles. The molecule has 3 aromatic carbocycles. The molecule has 1 saturated heterocycles. The van der Waals surface area contributed by atoms with E-state index in [0.29, 0.717) is 16.3 Å². The lowest BCUT2D eigenvalue weighted by molar-refractivity contribution is -0.132. The SMILES string of the molecule is Cc1ccc(C(O)=C2C(=O)C(=O)N(c3nc4ccc(Br)cc4s3)[C@@H]2c2ccc(Br)cc2)cc1. The molecule has 0 bridgehead atoms. The van der Waals surface area contributed by atoms with E-state index in [0.717, 1.165) is 24.7 Å². The maximum atomic E-state index is 13.3. The summed E-state index contributed by atoms with van der Waals surface area (Å²) in [7, 11) is 0. The summed E-state index contributed by atoms with van der Waals surface area (Å²) in [4.78, 5) is 32.5. The van der Waals surface area contributed by atoms with Crippen molar-refractivity contribution in [2.24, 2.45) is 0 Å². The van der Waals surface area contributed by atoms with Crippen LogP contribution in [0.1, 0.15) is 22.7 Å². The fourth-order valence-electron chi connectivity index (χ4n) is 3.85. The highest BCUT2D eigenvalue weighted by molar-refractivity contribution is 9.10. The first-order chi connectivity index (χ1) is 15.8. The van der Waals surface area contributed by atoms with Gasteiger partial charge in [-0.3, -0.25) is 14.5 Å². The Morgan fingerprint density at radius 1 is 0.970 bits per heavy atom. The Morgan fingerprint density at radius 3 is 2.33 bits per heavy atom. The number of ketones is 1. The lowest BCUT2D eigenvalue weighted by Gasteiger charge is -2.23. The molecule has 2 heterocycles. The quantitative estimate of drug-likeness (QED) is 0.164. The van der Waals surface area contributed by atoms with Gasteiger partial charge in [0.1, 0.15) is 5.76 Å². The van der Waals surface area contributed by atoms with E-state index >= 15 is 0 Å². The maximum Gasteiger partial charge on any atom is 0.301 e. The number of rotatable bonds is 3. The molecule has 1 fully saturated rings. The van der Waals surface area contributed by atoms with Crippen molar-refractivity contribution in [3.63, 3.8) is 0 Å². The lowest BCUT2D eigenvalue weighted by atomic mass is 9.95. The van der Waals surface area contributed by atoms with Gasteiger partial charge in [0.15, 0.2) is 5.13 Å². The molecule has 0 spiro atoms. The number of amides is 1. The van der Waals surface area contributed by atoms with Gasteiger partial charge in [-0.2, -0.15) is 0 Å². The standard InChI is InChI=1S/C25H16Br2N2O3S/c1-13-2-4-15(5-3-13)22(30)20-21(14-6-8-16(26)9-7-14)29(24(32)23(20)31)25-28-18-11-10-17(27)12-19(18)33-25/h2-12,21,30H,1H3/t21-/m1/s1. The fourth-order valence-corrected chi connectivity index (χ4v) is 5.66. The molecule has 164 valence electrons. The second kappa shape index (κ2) is 8.52. The highest BCUT2D eigenvalue weighted by Gasteiger charge is 2.48. The Kier molecular flexibility index (Phi) is 5.68. The number of aliphatic hydroxyl groups excluding tert-OH is 1. The number of fused-ring (bicyclic) bond motifs is 1. The monoisotopic (exact) mass is 582 g/mol. The van der Waals surface area contributed by atoms with E-state index in [1.165, 1.54) is 16.2 Å². The van der Waals surface area contributed by atoms with E-state index in [2.05, 4.69) is 36.8 Å². The minimum Gasteiger partial charge on any atom is -0.507 e. The van der Waals surface area contributed by atoms with Crippen LogP contribution in [0.2, 0.25) is 0 Å². The zero-order chi connectivity index (χ0) is 23.3. The number of benzene rings is 3. The number of Topliss-reactive ketones (excluding diaryl/α,β-unsaturated/α-hetero) is 1. The van der Waals surface area contributed by atoms with Crippen molar-refractivity contribution < 1.29 is 14.7 Å². The van der Waals surface area contributed by atoms with Gasteiger partial charge in [0.05, 0.1) is 21.8 Å². The molecule has 33 heavy (non-hydrogen) atoms. The van der Waals surface area contributed by atoms with Crippen LogP contribution in [0, 0.1) is 6.92 Å². The highest BCUT2D eigenvalue weighted by Crippen LogP contribution is 2.44. The van der Waals surface area contributed by atoms with Crippen molar-refractivity contribution in [2.45, 2.75) is 13.0 Å². The molecule has 5 rings (SSSR count). The average molecular weight is 584 g/mol. The van der Waals surface area contributed by atoms with E-state index in [9.17, 15) is 14.7 Å². The van der Waals surface area contributed by atoms with Crippen LogP contribution in [0.4, 0.5) is 5.13 Å². The number of hydrogen-bond donors (Lipinski definition) is 1. The number of hydrogen-bond acceptors (Lipinski definition) is 5. The van der Waals surface area contributed by atoms with Gasteiger partial charge in [0.25, 0.3) is 5.78 Å². The zero-order valence-corrected chi connectivity index (χ0v) is 21.2. The Hall–Kier alpha value is -2.81. The summed E-state index contributed by atoms with van der Waals surface area (Å²) in [5.74, 6) is -1.65. The number of aromatic nitrogens is 1. The van der Waals surface area contributed by atoms with Crippen LogP contribution in [0.3, 0.4) is 0 Å². The maximum absolute atomic E-state index is 13.3. The number of halogens is 2. The second-order valence-corrected chi connectivity index (χ2v) is 10.5. The fraction of sp³-hybridized carbons (Fsp3) is 0.0800. The van der Waals surface area contributed by atoms with Crippen molar-refractivity contribution in [3.8, 4) is 0 Å². The second-order valence-electron chi connectivity index (χ2n) is 7.70. The van der Waals surface area contributed by atoms with Crippen molar-refractivity contribution in [1.29, 1.82) is 0 Å². The van der Waals surface area contributed by atoms with Gasteiger partial charge in [-0.1, -0.05) is 85.2 Å². The molecule has 0 unspecified atom stereocenters. The molecular weight excluding hydrogens is 568 g/mol. The summed E-state index contributed by atoms with van der Waals surface area (Å²) in [6, 6.07) is 19.4. The summed E-state index contributed by atoms with van der Waals surface area (Å²) in [5, 5.41) is 11.6. The van der Waals surface area contributed by atoms with Crippen LogP contribution < -0.4 is 4.90 Å². The average Bonchev–Trinajstić information content (AvgIpc) is 3.32. The predicted molar refractivity (Wildman–Crippen MR) is 137 cm³/mol. The van der Waals surface area contributed by atoms with Gasteiger partial charge >= 0.3 is 5.91 Å². The van der Waals surface area contributed by atoms with Gasteiger partial charge < -0.3 is 5.11 Å². The molecular formula is C25H16Br2N2O3S. The third-order valence-corrected chi connectivity index (χ3v) is 7.54. The zero-order valence-electron chi connectivity index (χ0n) is 17.3. The first kappa shape index (κ1) is 22.0. The summed E-state index contributed by atoms with van der Waals surface area (Å²) < 4.78 is 2.65. The Morgan fingerprint density at radius 2 is 1.64 bits per heavy atom. The topological polar surface area (TPSA) is 70.5 Å². The molecule has 8 heteroatoms. The first-order valence-electron chi connectivity index (χ1n) is 10.0. The molecule has 4 aromatic rings. The molecule has 1 atom stereocenters. The molecule has 1 N–H and O–H groups in total.